The molecule has 19 heavy (non-hydrogen) atoms. The third-order valence-electron chi connectivity index (χ3n) is 2.80. The van der Waals surface area contributed by atoms with Crippen LogP contribution in [0.5, 0.6) is 0 Å². The standard InChI is InChI=1S/C11H22O7S/c12-2-5-19-4-1-3-17-11-10(16)9(15)8(14)7(6-13)18-11/h7-16H,1-6H2/t7-,8+,9+,10-,11+/m1/s1. The van der Waals surface area contributed by atoms with Crippen molar-refractivity contribution in [1.29, 1.82) is 0 Å². The fourth-order valence-electron chi connectivity index (χ4n) is 1.73. The third-order valence-corrected chi connectivity index (χ3v) is 3.85. The number of thioether (sulfide) groups is 1. The van der Waals surface area contributed by atoms with E-state index in [1.165, 1.54) is 0 Å². The van der Waals surface area contributed by atoms with E-state index in [1.54, 1.807) is 11.8 Å². The van der Waals surface area contributed by atoms with Crippen molar-refractivity contribution in [2.45, 2.75) is 37.1 Å². The molecule has 114 valence electrons. The van der Waals surface area contributed by atoms with Crippen molar-refractivity contribution in [2.75, 3.05) is 31.3 Å². The molecular weight excluding hydrogens is 276 g/mol. The lowest BCUT2D eigenvalue weighted by molar-refractivity contribution is -0.300. The zero-order chi connectivity index (χ0) is 14.3. The summed E-state index contributed by atoms with van der Waals surface area (Å²) in [5.41, 5.74) is 0. The average molecular weight is 298 g/mol. The zero-order valence-electron chi connectivity index (χ0n) is 10.6. The first-order chi connectivity index (χ1) is 9.11. The highest BCUT2D eigenvalue weighted by atomic mass is 32.2. The highest BCUT2D eigenvalue weighted by Crippen LogP contribution is 2.22. The molecule has 1 aliphatic rings. The molecule has 0 aliphatic carbocycles. The molecule has 0 aromatic rings. The van der Waals surface area contributed by atoms with Crippen LogP contribution in [-0.2, 0) is 9.47 Å². The van der Waals surface area contributed by atoms with Gasteiger partial charge in [-0.1, -0.05) is 0 Å². The summed E-state index contributed by atoms with van der Waals surface area (Å²) >= 11 is 1.58. The maximum absolute atomic E-state index is 9.68. The summed E-state index contributed by atoms with van der Waals surface area (Å²) in [6.45, 7) is -0.00346. The van der Waals surface area contributed by atoms with Gasteiger partial charge < -0.3 is 35.0 Å². The molecule has 1 heterocycles. The number of rotatable bonds is 8. The van der Waals surface area contributed by atoms with Crippen LogP contribution in [-0.4, -0.2) is 87.6 Å². The molecule has 8 heteroatoms. The monoisotopic (exact) mass is 298 g/mol. The molecule has 0 aromatic heterocycles. The minimum absolute atomic E-state index is 0.137. The van der Waals surface area contributed by atoms with Gasteiger partial charge in [-0.2, -0.15) is 11.8 Å². The molecule has 5 N–H and O–H groups in total. The summed E-state index contributed by atoms with van der Waals surface area (Å²) < 4.78 is 10.5. The van der Waals surface area contributed by atoms with Crippen molar-refractivity contribution in [1.82, 2.24) is 0 Å². The van der Waals surface area contributed by atoms with Crippen LogP contribution in [0.4, 0.5) is 0 Å². The summed E-state index contributed by atoms with van der Waals surface area (Å²) in [5.74, 6) is 1.47. The molecular formula is C11H22O7S. The maximum Gasteiger partial charge on any atom is 0.186 e. The van der Waals surface area contributed by atoms with E-state index in [9.17, 15) is 15.3 Å². The quantitative estimate of drug-likeness (QED) is 0.324. The Balaban J connectivity index is 2.28. The first-order valence-corrected chi connectivity index (χ1v) is 7.38. The van der Waals surface area contributed by atoms with Gasteiger partial charge in [-0.25, -0.2) is 0 Å². The van der Waals surface area contributed by atoms with Crippen LogP contribution in [0, 0.1) is 0 Å². The Bertz CT molecular complexity index is 241. The molecule has 0 spiro atoms. The molecule has 0 saturated carbocycles. The predicted molar refractivity (Wildman–Crippen MR) is 68.7 cm³/mol. The summed E-state index contributed by atoms with van der Waals surface area (Å²) in [6.07, 6.45) is -5.40. The highest BCUT2D eigenvalue weighted by Gasteiger charge is 2.43. The Labute approximate surface area is 116 Å². The number of hydrogen-bond acceptors (Lipinski definition) is 8. The van der Waals surface area contributed by atoms with Crippen LogP contribution in [0.1, 0.15) is 6.42 Å². The van der Waals surface area contributed by atoms with Crippen molar-refractivity contribution >= 4 is 11.8 Å². The van der Waals surface area contributed by atoms with Crippen LogP contribution < -0.4 is 0 Å². The smallest absolute Gasteiger partial charge is 0.186 e. The second-order valence-electron chi connectivity index (χ2n) is 4.26. The lowest BCUT2D eigenvalue weighted by Gasteiger charge is -2.39. The lowest BCUT2D eigenvalue weighted by atomic mass is 9.99. The van der Waals surface area contributed by atoms with Gasteiger partial charge in [-0.15, -0.1) is 0 Å². The molecule has 1 aliphatic heterocycles. The van der Waals surface area contributed by atoms with Crippen LogP contribution >= 0.6 is 11.8 Å². The first-order valence-electron chi connectivity index (χ1n) is 6.22. The van der Waals surface area contributed by atoms with Crippen molar-refractivity contribution in [3.63, 3.8) is 0 Å². The molecule has 0 unspecified atom stereocenters. The Morgan fingerprint density at radius 3 is 2.37 bits per heavy atom. The molecule has 0 bridgehead atoms. The third kappa shape index (κ3) is 5.16. The highest BCUT2D eigenvalue weighted by molar-refractivity contribution is 7.99. The SMILES string of the molecule is OCCSCCCO[C@H]1O[C@H](CO)[C@H](O)[C@H](O)[C@H]1O. The zero-order valence-corrected chi connectivity index (χ0v) is 11.4. The van der Waals surface area contributed by atoms with Crippen molar-refractivity contribution in [3.05, 3.63) is 0 Å². The fraction of sp³-hybridized carbons (Fsp3) is 1.00. The molecule has 5 atom stereocenters. The van der Waals surface area contributed by atoms with Crippen LogP contribution in [0.25, 0.3) is 0 Å². The molecule has 7 nitrogen and oxygen atoms in total. The van der Waals surface area contributed by atoms with Crippen molar-refractivity contribution < 1.29 is 35.0 Å². The van der Waals surface area contributed by atoms with Gasteiger partial charge in [0.25, 0.3) is 0 Å². The minimum atomic E-state index is -1.40. The van der Waals surface area contributed by atoms with E-state index in [0.717, 1.165) is 5.75 Å². The lowest BCUT2D eigenvalue weighted by Crippen LogP contribution is -2.59. The summed E-state index contributed by atoms with van der Waals surface area (Å²) in [4.78, 5) is 0. The van der Waals surface area contributed by atoms with Crippen LogP contribution in [0.15, 0.2) is 0 Å². The predicted octanol–water partition coefficient (Wildman–Crippen LogP) is -2.08. The first kappa shape index (κ1) is 17.1. The van der Waals surface area contributed by atoms with Gasteiger partial charge in [-0.3, -0.25) is 0 Å². The second kappa shape index (κ2) is 9.09. The van der Waals surface area contributed by atoms with Gasteiger partial charge in [-0.05, 0) is 12.2 Å². The van der Waals surface area contributed by atoms with Crippen LogP contribution in [0.2, 0.25) is 0 Å². The Morgan fingerprint density at radius 1 is 1.00 bits per heavy atom. The van der Waals surface area contributed by atoms with E-state index in [1.807, 2.05) is 0 Å². The second-order valence-corrected chi connectivity index (χ2v) is 5.48. The van der Waals surface area contributed by atoms with Crippen molar-refractivity contribution in [2.24, 2.45) is 0 Å². The summed E-state index contributed by atoms with van der Waals surface area (Å²) in [7, 11) is 0. The van der Waals surface area contributed by atoms with E-state index < -0.39 is 37.3 Å². The van der Waals surface area contributed by atoms with Gasteiger partial charge in [0, 0.05) is 5.75 Å². The Kier molecular flexibility index (Phi) is 8.19. The van der Waals surface area contributed by atoms with E-state index in [2.05, 4.69) is 0 Å². The fourth-order valence-corrected chi connectivity index (χ4v) is 2.39. The van der Waals surface area contributed by atoms with Gasteiger partial charge in [0.05, 0.1) is 19.8 Å². The Hall–Kier alpha value is 0.0700. The van der Waals surface area contributed by atoms with E-state index >= 15 is 0 Å². The van der Waals surface area contributed by atoms with E-state index in [0.29, 0.717) is 18.8 Å². The average Bonchev–Trinajstić information content (AvgIpc) is 2.42. The molecule has 0 amide bonds. The minimum Gasteiger partial charge on any atom is -0.396 e. The molecule has 0 radical (unpaired) electrons. The van der Waals surface area contributed by atoms with Gasteiger partial charge in [0.15, 0.2) is 6.29 Å². The topological polar surface area (TPSA) is 120 Å². The molecule has 1 saturated heterocycles. The molecule has 1 fully saturated rings. The molecule has 1 rings (SSSR count). The van der Waals surface area contributed by atoms with Crippen molar-refractivity contribution in [3.8, 4) is 0 Å². The van der Waals surface area contributed by atoms with Gasteiger partial charge in [0.2, 0.25) is 0 Å². The van der Waals surface area contributed by atoms with Crippen LogP contribution in [0.3, 0.4) is 0 Å². The largest absolute Gasteiger partial charge is 0.396 e. The Morgan fingerprint density at radius 2 is 1.74 bits per heavy atom. The van der Waals surface area contributed by atoms with E-state index in [4.69, 9.17) is 19.7 Å². The normalized spacial score (nSPS) is 35.5. The van der Waals surface area contributed by atoms with E-state index in [-0.39, 0.29) is 6.61 Å². The number of aliphatic hydroxyl groups excluding tert-OH is 5. The van der Waals surface area contributed by atoms with Gasteiger partial charge >= 0.3 is 0 Å². The molecule has 0 aromatic carbocycles. The number of hydrogen-bond donors (Lipinski definition) is 5. The number of aliphatic hydroxyl groups is 5. The summed E-state index contributed by atoms with van der Waals surface area (Å²) in [5, 5.41) is 46.4. The van der Waals surface area contributed by atoms with Gasteiger partial charge in [0.1, 0.15) is 24.4 Å². The number of ether oxygens (including phenoxy) is 2. The maximum atomic E-state index is 9.68. The summed E-state index contributed by atoms with van der Waals surface area (Å²) in [6, 6.07) is 0.